The third-order valence-corrected chi connectivity index (χ3v) is 4.04. The van der Waals surface area contributed by atoms with Crippen molar-refractivity contribution in [1.29, 1.82) is 0 Å². The fourth-order valence-corrected chi connectivity index (χ4v) is 2.55. The monoisotopic (exact) mass is 299 g/mol. The summed E-state index contributed by atoms with van der Waals surface area (Å²) in [6.07, 6.45) is 5.03. The summed E-state index contributed by atoms with van der Waals surface area (Å²) in [6.45, 7) is 3.29. The Labute approximate surface area is 111 Å². The van der Waals surface area contributed by atoms with Crippen LogP contribution in [0.4, 0.5) is 4.39 Å². The molecule has 94 valence electrons. The molecule has 1 nitrogen and oxygen atoms in total. The minimum atomic E-state index is -0.186. The van der Waals surface area contributed by atoms with Crippen molar-refractivity contribution in [1.82, 2.24) is 5.32 Å². The van der Waals surface area contributed by atoms with E-state index in [4.69, 9.17) is 0 Å². The second-order valence-corrected chi connectivity index (χ2v) is 5.95. The van der Waals surface area contributed by atoms with Crippen molar-refractivity contribution in [3.63, 3.8) is 0 Å². The zero-order valence-corrected chi connectivity index (χ0v) is 11.8. The van der Waals surface area contributed by atoms with Crippen LogP contribution in [-0.4, -0.2) is 12.6 Å². The number of benzene rings is 1. The van der Waals surface area contributed by atoms with Gasteiger partial charge < -0.3 is 5.32 Å². The molecule has 2 rings (SSSR count). The molecule has 1 saturated carbocycles. The summed E-state index contributed by atoms with van der Waals surface area (Å²) in [6, 6.07) is 6.04. The van der Waals surface area contributed by atoms with Gasteiger partial charge in [-0.2, -0.15) is 0 Å². The molecule has 1 atom stereocenters. The topological polar surface area (TPSA) is 12.0 Å². The average Bonchev–Trinajstić information content (AvgIpc) is 2.21. The minimum absolute atomic E-state index is 0.186. The van der Waals surface area contributed by atoms with Crippen molar-refractivity contribution in [2.75, 3.05) is 6.54 Å². The quantitative estimate of drug-likeness (QED) is 0.869. The third-order valence-electron chi connectivity index (χ3n) is 3.43. The molecule has 0 heterocycles. The van der Waals surface area contributed by atoms with Crippen molar-refractivity contribution in [3.05, 3.63) is 34.1 Å². The molecule has 0 bridgehead atoms. The van der Waals surface area contributed by atoms with E-state index in [-0.39, 0.29) is 5.82 Å². The Morgan fingerprint density at radius 2 is 2.24 bits per heavy atom. The van der Waals surface area contributed by atoms with Crippen LogP contribution < -0.4 is 5.32 Å². The molecule has 1 aliphatic carbocycles. The van der Waals surface area contributed by atoms with Gasteiger partial charge in [-0.15, -0.1) is 0 Å². The largest absolute Gasteiger partial charge is 0.314 e. The van der Waals surface area contributed by atoms with Crippen LogP contribution in [0.25, 0.3) is 0 Å². The van der Waals surface area contributed by atoms with Gasteiger partial charge in [0, 0.05) is 6.04 Å². The highest BCUT2D eigenvalue weighted by atomic mass is 79.9. The van der Waals surface area contributed by atoms with E-state index < -0.39 is 0 Å². The highest BCUT2D eigenvalue weighted by Gasteiger charge is 2.17. The van der Waals surface area contributed by atoms with Gasteiger partial charge in [-0.25, -0.2) is 4.39 Å². The maximum absolute atomic E-state index is 13.1. The van der Waals surface area contributed by atoms with Crippen LogP contribution in [0.2, 0.25) is 0 Å². The number of rotatable bonds is 5. The number of hydrogen-bond donors (Lipinski definition) is 1. The second kappa shape index (κ2) is 5.96. The van der Waals surface area contributed by atoms with E-state index in [0.717, 1.165) is 19.0 Å². The Morgan fingerprint density at radius 3 is 2.82 bits per heavy atom. The number of hydrogen-bond acceptors (Lipinski definition) is 1. The predicted octanol–water partition coefficient (Wildman–Crippen LogP) is 3.91. The number of halogens is 2. The van der Waals surface area contributed by atoms with Gasteiger partial charge in [-0.3, -0.25) is 0 Å². The fraction of sp³-hybridized carbons (Fsp3) is 0.571. The lowest BCUT2D eigenvalue weighted by Gasteiger charge is -2.28. The lowest BCUT2D eigenvalue weighted by Crippen LogP contribution is -2.38. The van der Waals surface area contributed by atoms with Crippen LogP contribution in [0.1, 0.15) is 31.7 Å². The zero-order chi connectivity index (χ0) is 12.3. The molecule has 3 heteroatoms. The summed E-state index contributed by atoms with van der Waals surface area (Å²) in [4.78, 5) is 0. The van der Waals surface area contributed by atoms with E-state index in [1.54, 1.807) is 0 Å². The zero-order valence-electron chi connectivity index (χ0n) is 10.2. The van der Waals surface area contributed by atoms with E-state index in [1.807, 2.05) is 12.1 Å². The molecule has 0 aromatic heterocycles. The van der Waals surface area contributed by atoms with E-state index in [9.17, 15) is 4.39 Å². The molecular formula is C14H19BrFN. The molecule has 1 N–H and O–H groups in total. The van der Waals surface area contributed by atoms with Crippen molar-refractivity contribution < 1.29 is 4.39 Å². The van der Waals surface area contributed by atoms with Gasteiger partial charge in [0.1, 0.15) is 5.82 Å². The van der Waals surface area contributed by atoms with Crippen LogP contribution in [0.3, 0.4) is 0 Å². The molecule has 0 radical (unpaired) electrons. The first kappa shape index (κ1) is 13.0. The van der Waals surface area contributed by atoms with E-state index in [1.165, 1.54) is 30.9 Å². The summed E-state index contributed by atoms with van der Waals surface area (Å²) in [5.41, 5.74) is 1.20. The summed E-state index contributed by atoms with van der Waals surface area (Å²) in [5.74, 6) is 0.405. The van der Waals surface area contributed by atoms with Gasteiger partial charge in [0.25, 0.3) is 0 Å². The Bertz CT molecular complexity index is 376. The molecule has 1 aromatic carbocycles. The summed E-state index contributed by atoms with van der Waals surface area (Å²) in [5, 5.41) is 3.58. The van der Waals surface area contributed by atoms with Crippen LogP contribution in [0.5, 0.6) is 0 Å². The van der Waals surface area contributed by atoms with Crippen LogP contribution in [0.15, 0.2) is 22.7 Å². The fourth-order valence-electron chi connectivity index (χ4n) is 2.12. The molecular weight excluding hydrogens is 281 g/mol. The molecule has 1 unspecified atom stereocenters. The van der Waals surface area contributed by atoms with Gasteiger partial charge in [0.2, 0.25) is 0 Å². The molecule has 0 saturated heterocycles. The molecule has 17 heavy (non-hydrogen) atoms. The summed E-state index contributed by atoms with van der Waals surface area (Å²) < 4.78 is 13.6. The molecule has 0 aliphatic heterocycles. The van der Waals surface area contributed by atoms with Crippen molar-refractivity contribution in [3.8, 4) is 0 Å². The Hall–Kier alpha value is -0.410. The molecule has 0 amide bonds. The average molecular weight is 300 g/mol. The standard InChI is InChI=1S/C14H19BrFN/c1-10(9-17-12-3-2-4-12)7-11-5-6-14(16)13(15)8-11/h5-6,8,10,12,17H,2-4,7,9H2,1H3. The lowest BCUT2D eigenvalue weighted by atomic mass is 9.92. The first-order valence-electron chi connectivity index (χ1n) is 6.32. The minimum Gasteiger partial charge on any atom is -0.314 e. The van der Waals surface area contributed by atoms with E-state index in [2.05, 4.69) is 28.2 Å². The maximum atomic E-state index is 13.1. The summed E-state index contributed by atoms with van der Waals surface area (Å²) >= 11 is 3.23. The van der Waals surface area contributed by atoms with Gasteiger partial charge in [0.05, 0.1) is 4.47 Å². The van der Waals surface area contributed by atoms with Crippen molar-refractivity contribution in [2.45, 2.75) is 38.6 Å². The molecule has 0 spiro atoms. The highest BCUT2D eigenvalue weighted by Crippen LogP contribution is 2.20. The first-order chi connectivity index (χ1) is 8.15. The van der Waals surface area contributed by atoms with Gasteiger partial charge in [-0.1, -0.05) is 19.4 Å². The smallest absolute Gasteiger partial charge is 0.137 e. The van der Waals surface area contributed by atoms with Gasteiger partial charge >= 0.3 is 0 Å². The molecule has 1 fully saturated rings. The van der Waals surface area contributed by atoms with Gasteiger partial charge in [-0.05, 0) is 65.4 Å². The lowest BCUT2D eigenvalue weighted by molar-refractivity contribution is 0.320. The van der Waals surface area contributed by atoms with Crippen LogP contribution in [0, 0.1) is 11.7 Å². The van der Waals surface area contributed by atoms with Gasteiger partial charge in [0.15, 0.2) is 0 Å². The Balaban J connectivity index is 1.79. The predicted molar refractivity (Wildman–Crippen MR) is 72.6 cm³/mol. The van der Waals surface area contributed by atoms with Crippen LogP contribution in [-0.2, 0) is 6.42 Å². The first-order valence-corrected chi connectivity index (χ1v) is 7.12. The van der Waals surface area contributed by atoms with Crippen LogP contribution >= 0.6 is 15.9 Å². The highest BCUT2D eigenvalue weighted by molar-refractivity contribution is 9.10. The normalized spacial score (nSPS) is 17.8. The third kappa shape index (κ3) is 3.78. The van der Waals surface area contributed by atoms with E-state index in [0.29, 0.717) is 10.4 Å². The second-order valence-electron chi connectivity index (χ2n) is 5.09. The molecule has 1 aromatic rings. The van der Waals surface area contributed by atoms with Crippen molar-refractivity contribution >= 4 is 15.9 Å². The van der Waals surface area contributed by atoms with Crippen molar-refractivity contribution in [2.24, 2.45) is 5.92 Å². The summed E-state index contributed by atoms with van der Waals surface area (Å²) in [7, 11) is 0. The van der Waals surface area contributed by atoms with E-state index >= 15 is 0 Å². The Morgan fingerprint density at radius 1 is 1.47 bits per heavy atom. The maximum Gasteiger partial charge on any atom is 0.137 e. The number of nitrogens with one attached hydrogen (secondary N) is 1. The molecule has 1 aliphatic rings. The Kier molecular flexibility index (Phi) is 4.57. The SMILES string of the molecule is CC(CNC1CCC1)Cc1ccc(F)c(Br)c1.